The van der Waals surface area contributed by atoms with Gasteiger partial charge in [0.15, 0.2) is 0 Å². The smallest absolute Gasteiger partial charge is 0.278 e. The molecule has 1 aromatic carbocycles. The van der Waals surface area contributed by atoms with Gasteiger partial charge in [-0.2, -0.15) is 0 Å². The van der Waals surface area contributed by atoms with Crippen LogP contribution in [0.4, 0.5) is 5.69 Å². The van der Waals surface area contributed by atoms with Crippen molar-refractivity contribution in [1.29, 1.82) is 0 Å². The van der Waals surface area contributed by atoms with Crippen LogP contribution in [-0.4, -0.2) is 49.5 Å². The first-order chi connectivity index (χ1) is 10.3. The van der Waals surface area contributed by atoms with Gasteiger partial charge >= 0.3 is 0 Å². The monoisotopic (exact) mass is 325 g/mol. The van der Waals surface area contributed by atoms with Gasteiger partial charge in [0.1, 0.15) is 5.75 Å². The van der Waals surface area contributed by atoms with E-state index in [4.69, 9.17) is 16.3 Å². The van der Waals surface area contributed by atoms with E-state index < -0.39 is 17.4 Å². The SMILES string of the molecule is CN(C)CCCNC(=O)[C@@]1(C)Oc2ccc(Cl)cc2NC1=O. The Labute approximate surface area is 134 Å². The molecule has 0 unspecified atom stereocenters. The summed E-state index contributed by atoms with van der Waals surface area (Å²) in [5.74, 6) is -0.535. The van der Waals surface area contributed by atoms with Crippen molar-refractivity contribution < 1.29 is 14.3 Å². The second-order valence-corrected chi connectivity index (χ2v) is 6.08. The van der Waals surface area contributed by atoms with Crippen LogP contribution in [0.3, 0.4) is 0 Å². The van der Waals surface area contributed by atoms with Crippen LogP contribution < -0.4 is 15.4 Å². The van der Waals surface area contributed by atoms with E-state index >= 15 is 0 Å². The lowest BCUT2D eigenvalue weighted by Gasteiger charge is -2.33. The zero-order valence-corrected chi connectivity index (χ0v) is 13.7. The van der Waals surface area contributed by atoms with Crippen molar-refractivity contribution in [3.63, 3.8) is 0 Å². The van der Waals surface area contributed by atoms with Crippen LogP contribution in [0.1, 0.15) is 13.3 Å². The average molecular weight is 326 g/mol. The van der Waals surface area contributed by atoms with Crippen molar-refractivity contribution in [2.45, 2.75) is 18.9 Å². The molecule has 1 aromatic rings. The summed E-state index contributed by atoms with van der Waals surface area (Å²) in [6.45, 7) is 2.79. The number of carbonyl (C=O) groups excluding carboxylic acids is 2. The summed E-state index contributed by atoms with van der Waals surface area (Å²) < 4.78 is 5.63. The van der Waals surface area contributed by atoms with Crippen LogP contribution in [0.2, 0.25) is 5.02 Å². The third-order valence-corrected chi connectivity index (χ3v) is 3.67. The number of fused-ring (bicyclic) bond motifs is 1. The maximum atomic E-state index is 12.3. The molecule has 1 atom stereocenters. The molecule has 6 nitrogen and oxygen atoms in total. The van der Waals surface area contributed by atoms with Crippen molar-refractivity contribution >= 4 is 29.1 Å². The Morgan fingerprint density at radius 1 is 1.45 bits per heavy atom. The zero-order chi connectivity index (χ0) is 16.3. The van der Waals surface area contributed by atoms with Crippen LogP contribution in [0.25, 0.3) is 0 Å². The molecule has 22 heavy (non-hydrogen) atoms. The number of rotatable bonds is 5. The fraction of sp³-hybridized carbons (Fsp3) is 0.467. The topological polar surface area (TPSA) is 70.7 Å². The van der Waals surface area contributed by atoms with Crippen LogP contribution in [0.15, 0.2) is 18.2 Å². The first-order valence-electron chi connectivity index (χ1n) is 7.06. The number of nitrogens with zero attached hydrogens (tertiary/aromatic N) is 1. The molecule has 1 aliphatic rings. The van der Waals surface area contributed by atoms with Gasteiger partial charge in [-0.05, 0) is 52.2 Å². The van der Waals surface area contributed by atoms with E-state index in [0.29, 0.717) is 23.0 Å². The highest BCUT2D eigenvalue weighted by atomic mass is 35.5. The summed E-state index contributed by atoms with van der Waals surface area (Å²) in [4.78, 5) is 26.6. The quantitative estimate of drug-likeness (QED) is 0.636. The van der Waals surface area contributed by atoms with Gasteiger partial charge in [-0.25, -0.2) is 0 Å². The Morgan fingerprint density at radius 3 is 2.86 bits per heavy atom. The third-order valence-electron chi connectivity index (χ3n) is 3.44. The summed E-state index contributed by atoms with van der Waals surface area (Å²) in [5, 5.41) is 5.89. The molecular formula is C15H20ClN3O3. The van der Waals surface area contributed by atoms with Gasteiger partial charge in [0.2, 0.25) is 0 Å². The summed E-state index contributed by atoms with van der Waals surface area (Å²) in [6.07, 6.45) is 0.794. The second kappa shape index (κ2) is 6.54. The van der Waals surface area contributed by atoms with Crippen LogP contribution in [0, 0.1) is 0 Å². The predicted octanol–water partition coefficient (Wildman–Crippen LogP) is 1.50. The van der Waals surface area contributed by atoms with Gasteiger partial charge in [-0.3, -0.25) is 9.59 Å². The standard InChI is InChI=1S/C15H20ClN3O3/c1-15(13(20)17-7-4-8-19(2)3)14(21)18-11-9-10(16)5-6-12(11)22-15/h5-6,9H,4,7-8H2,1-3H3,(H,17,20)(H,18,21)/t15-/m1/s1. The van der Waals surface area contributed by atoms with Crippen molar-refractivity contribution in [3.8, 4) is 5.75 Å². The lowest BCUT2D eigenvalue weighted by molar-refractivity contribution is -0.146. The Balaban J connectivity index is 2.04. The normalized spacial score (nSPS) is 20.1. The fourth-order valence-electron chi connectivity index (χ4n) is 2.11. The molecule has 0 saturated carbocycles. The Kier molecular flexibility index (Phi) is 4.93. The van der Waals surface area contributed by atoms with E-state index in [0.717, 1.165) is 13.0 Å². The summed E-state index contributed by atoms with van der Waals surface area (Å²) in [5.41, 5.74) is -1.12. The minimum atomic E-state index is -1.58. The summed E-state index contributed by atoms with van der Waals surface area (Å²) >= 11 is 5.88. The van der Waals surface area contributed by atoms with Crippen LogP contribution >= 0.6 is 11.6 Å². The number of benzene rings is 1. The van der Waals surface area contributed by atoms with E-state index in [1.807, 2.05) is 19.0 Å². The minimum Gasteiger partial charge on any atom is -0.466 e. The lowest BCUT2D eigenvalue weighted by Crippen LogP contribution is -2.58. The van der Waals surface area contributed by atoms with Gasteiger partial charge in [0.05, 0.1) is 5.69 Å². The molecule has 0 radical (unpaired) electrons. The molecule has 0 aliphatic carbocycles. The number of carbonyl (C=O) groups is 2. The van der Waals surface area contributed by atoms with E-state index in [2.05, 4.69) is 10.6 Å². The number of ether oxygens (including phenoxy) is 1. The van der Waals surface area contributed by atoms with Crippen LogP contribution in [0.5, 0.6) is 5.75 Å². The first-order valence-corrected chi connectivity index (χ1v) is 7.44. The Morgan fingerprint density at radius 2 is 2.18 bits per heavy atom. The Bertz CT molecular complexity index is 591. The number of amides is 2. The lowest BCUT2D eigenvalue weighted by atomic mass is 10.0. The molecule has 0 spiro atoms. The number of hydrogen-bond donors (Lipinski definition) is 2. The highest BCUT2D eigenvalue weighted by Crippen LogP contribution is 2.35. The van der Waals surface area contributed by atoms with Crippen molar-refractivity contribution in [2.24, 2.45) is 0 Å². The molecule has 0 fully saturated rings. The minimum absolute atomic E-state index is 0.426. The molecule has 2 N–H and O–H groups in total. The third kappa shape index (κ3) is 3.51. The Hall–Kier alpha value is -1.79. The van der Waals surface area contributed by atoms with Gasteiger partial charge in [0.25, 0.3) is 17.4 Å². The molecular weight excluding hydrogens is 306 g/mol. The van der Waals surface area contributed by atoms with Gasteiger partial charge in [0, 0.05) is 11.6 Å². The molecule has 7 heteroatoms. The zero-order valence-electron chi connectivity index (χ0n) is 12.9. The average Bonchev–Trinajstić information content (AvgIpc) is 2.45. The van der Waals surface area contributed by atoms with Crippen molar-refractivity contribution in [3.05, 3.63) is 23.2 Å². The van der Waals surface area contributed by atoms with E-state index in [1.54, 1.807) is 18.2 Å². The van der Waals surface area contributed by atoms with E-state index in [9.17, 15) is 9.59 Å². The van der Waals surface area contributed by atoms with Crippen LogP contribution in [-0.2, 0) is 9.59 Å². The number of halogens is 1. The highest BCUT2D eigenvalue weighted by Gasteiger charge is 2.47. The largest absolute Gasteiger partial charge is 0.466 e. The molecule has 120 valence electrons. The molecule has 1 aliphatic heterocycles. The van der Waals surface area contributed by atoms with Gasteiger partial charge in [-0.15, -0.1) is 0 Å². The number of nitrogens with one attached hydrogen (secondary N) is 2. The maximum absolute atomic E-state index is 12.3. The molecule has 0 saturated heterocycles. The first kappa shape index (κ1) is 16.6. The number of anilines is 1. The summed E-state index contributed by atoms with van der Waals surface area (Å²) in [6, 6.07) is 4.87. The molecule has 0 aromatic heterocycles. The van der Waals surface area contributed by atoms with E-state index in [-0.39, 0.29) is 0 Å². The fourth-order valence-corrected chi connectivity index (χ4v) is 2.28. The van der Waals surface area contributed by atoms with Crippen molar-refractivity contribution in [1.82, 2.24) is 10.2 Å². The summed E-state index contributed by atoms with van der Waals surface area (Å²) in [7, 11) is 3.92. The highest BCUT2D eigenvalue weighted by molar-refractivity contribution is 6.31. The number of hydrogen-bond acceptors (Lipinski definition) is 4. The molecule has 0 bridgehead atoms. The molecule has 1 heterocycles. The van der Waals surface area contributed by atoms with Crippen molar-refractivity contribution in [2.75, 3.05) is 32.5 Å². The molecule has 2 amide bonds. The van der Waals surface area contributed by atoms with Gasteiger partial charge < -0.3 is 20.3 Å². The predicted molar refractivity (Wildman–Crippen MR) is 85.3 cm³/mol. The van der Waals surface area contributed by atoms with E-state index in [1.165, 1.54) is 6.92 Å². The van der Waals surface area contributed by atoms with Gasteiger partial charge in [-0.1, -0.05) is 11.6 Å². The maximum Gasteiger partial charge on any atom is 0.278 e. The molecule has 2 rings (SSSR count). The second-order valence-electron chi connectivity index (χ2n) is 5.64.